The van der Waals surface area contributed by atoms with E-state index in [0.29, 0.717) is 17.4 Å². The lowest BCUT2D eigenvalue weighted by atomic mass is 10.0. The fraction of sp³-hybridized carbons (Fsp3) is 0.923. The fourth-order valence-electron chi connectivity index (χ4n) is 5.48. The van der Waals surface area contributed by atoms with Gasteiger partial charge in [-0.15, -0.1) is 0 Å². The molecule has 0 aliphatic rings. The van der Waals surface area contributed by atoms with E-state index in [2.05, 4.69) is 13.8 Å². The monoisotopic (exact) mass is 687 g/mol. The number of carbonyl (C=O) groups excluding carboxylic acids is 2. The fourth-order valence-corrected chi connectivity index (χ4v) is 5.48. The van der Waals surface area contributed by atoms with E-state index in [4.69, 9.17) is 18.9 Å². The summed E-state index contributed by atoms with van der Waals surface area (Å²) in [6, 6.07) is 0. The topological polar surface area (TPSA) is 108 Å². The summed E-state index contributed by atoms with van der Waals surface area (Å²) < 4.78 is 22.6. The summed E-state index contributed by atoms with van der Waals surface area (Å²) in [5, 5.41) is 9.57. The lowest BCUT2D eigenvalue weighted by Gasteiger charge is -2.25. The molecular formula is C39H76NO8+. The minimum Gasteiger partial charge on any atom is -0.477 e. The number of carbonyl (C=O) groups is 3. The third-order valence-electron chi connectivity index (χ3n) is 8.61. The highest BCUT2D eigenvalue weighted by molar-refractivity contribution is 5.71. The standard InChI is InChI=1S/C39H75NO8/c1-6-8-10-12-14-16-17-18-19-20-22-24-26-28-30-37(42)48-35(34-47-39(38(43)44)45-32-31-40(3,4)5)33-46-36(41)29-27-25-23-21-15-13-11-9-7-2/h35,39H,6-34H2,1-5H3/p+1. The molecule has 0 aromatic carbocycles. The van der Waals surface area contributed by atoms with Crippen molar-refractivity contribution in [3.63, 3.8) is 0 Å². The van der Waals surface area contributed by atoms with Crippen molar-refractivity contribution in [1.29, 1.82) is 0 Å². The summed E-state index contributed by atoms with van der Waals surface area (Å²) in [4.78, 5) is 36.8. The Morgan fingerprint density at radius 3 is 1.33 bits per heavy atom. The van der Waals surface area contributed by atoms with Gasteiger partial charge in [0.15, 0.2) is 6.10 Å². The smallest absolute Gasteiger partial charge is 0.361 e. The Labute approximate surface area is 294 Å². The Kier molecular flexibility index (Phi) is 31.3. The highest BCUT2D eigenvalue weighted by Gasteiger charge is 2.25. The molecule has 0 aliphatic carbocycles. The van der Waals surface area contributed by atoms with E-state index in [0.717, 1.165) is 38.5 Å². The van der Waals surface area contributed by atoms with Gasteiger partial charge in [0.25, 0.3) is 6.29 Å². The second-order valence-corrected chi connectivity index (χ2v) is 14.6. The number of likely N-dealkylation sites (N-methyl/N-ethyl adjacent to an activating group) is 1. The first kappa shape index (κ1) is 46.3. The van der Waals surface area contributed by atoms with Crippen molar-refractivity contribution < 1.29 is 42.9 Å². The van der Waals surface area contributed by atoms with Gasteiger partial charge in [0, 0.05) is 12.8 Å². The number of ether oxygens (including phenoxy) is 4. The minimum absolute atomic E-state index is 0.175. The number of rotatable bonds is 36. The number of aliphatic carboxylic acids is 1. The molecule has 0 saturated carbocycles. The highest BCUT2D eigenvalue weighted by Crippen LogP contribution is 2.15. The third kappa shape index (κ3) is 32.8. The maximum absolute atomic E-state index is 12.7. The van der Waals surface area contributed by atoms with Gasteiger partial charge in [0.1, 0.15) is 13.2 Å². The zero-order valence-corrected chi connectivity index (χ0v) is 31.9. The van der Waals surface area contributed by atoms with Crippen LogP contribution in [0.1, 0.15) is 174 Å². The van der Waals surface area contributed by atoms with Crippen LogP contribution in [-0.2, 0) is 33.3 Å². The van der Waals surface area contributed by atoms with E-state index in [1.54, 1.807) is 0 Å². The summed E-state index contributed by atoms with van der Waals surface area (Å²) in [6.45, 7) is 4.85. The van der Waals surface area contributed by atoms with Crippen LogP contribution in [0.4, 0.5) is 0 Å². The van der Waals surface area contributed by atoms with E-state index in [1.165, 1.54) is 109 Å². The molecule has 1 N–H and O–H groups in total. The molecule has 0 saturated heterocycles. The Bertz CT molecular complexity index is 770. The molecule has 0 aromatic heterocycles. The quantitative estimate of drug-likeness (QED) is 0.0301. The van der Waals surface area contributed by atoms with Crippen LogP contribution in [0, 0.1) is 0 Å². The molecule has 0 amide bonds. The SMILES string of the molecule is CCCCCCCCCCCCCCCCC(=O)OC(COC(=O)CCCCCCCCCCC)COC(OCC[N+](C)(C)C)C(=O)O. The van der Waals surface area contributed by atoms with Gasteiger partial charge >= 0.3 is 17.9 Å². The van der Waals surface area contributed by atoms with Crippen molar-refractivity contribution in [3.05, 3.63) is 0 Å². The van der Waals surface area contributed by atoms with Crippen LogP contribution in [0.5, 0.6) is 0 Å². The van der Waals surface area contributed by atoms with Gasteiger partial charge in [-0.05, 0) is 12.8 Å². The van der Waals surface area contributed by atoms with Gasteiger partial charge in [0.05, 0.1) is 34.4 Å². The van der Waals surface area contributed by atoms with Crippen LogP contribution >= 0.6 is 0 Å². The van der Waals surface area contributed by atoms with Crippen molar-refractivity contribution in [2.45, 2.75) is 187 Å². The van der Waals surface area contributed by atoms with Crippen LogP contribution in [-0.4, -0.2) is 87.4 Å². The van der Waals surface area contributed by atoms with E-state index >= 15 is 0 Å². The van der Waals surface area contributed by atoms with Crippen LogP contribution < -0.4 is 0 Å². The molecule has 0 aliphatic heterocycles. The van der Waals surface area contributed by atoms with E-state index in [9.17, 15) is 19.5 Å². The van der Waals surface area contributed by atoms with Crippen molar-refractivity contribution in [2.24, 2.45) is 0 Å². The summed E-state index contributed by atoms with van der Waals surface area (Å²) in [6.07, 6.45) is 25.9. The van der Waals surface area contributed by atoms with Gasteiger partial charge < -0.3 is 28.5 Å². The van der Waals surface area contributed by atoms with Gasteiger partial charge in [-0.2, -0.15) is 0 Å². The molecule has 0 fully saturated rings. The molecule has 0 rings (SSSR count). The Hall–Kier alpha value is -1.71. The van der Waals surface area contributed by atoms with Gasteiger partial charge in [-0.1, -0.05) is 149 Å². The van der Waals surface area contributed by atoms with Crippen molar-refractivity contribution in [1.82, 2.24) is 0 Å². The van der Waals surface area contributed by atoms with Gasteiger partial charge in [-0.25, -0.2) is 4.79 Å². The van der Waals surface area contributed by atoms with E-state index < -0.39 is 24.3 Å². The lowest BCUT2D eigenvalue weighted by molar-refractivity contribution is -0.870. The van der Waals surface area contributed by atoms with Crippen molar-refractivity contribution in [2.75, 3.05) is 47.5 Å². The average Bonchev–Trinajstić information content (AvgIpc) is 3.03. The molecule has 0 spiro atoms. The number of hydrogen-bond donors (Lipinski definition) is 1. The molecule has 2 unspecified atom stereocenters. The molecule has 48 heavy (non-hydrogen) atoms. The largest absolute Gasteiger partial charge is 0.477 e. The van der Waals surface area contributed by atoms with Crippen molar-refractivity contribution >= 4 is 17.9 Å². The zero-order chi connectivity index (χ0) is 35.7. The molecule has 0 aromatic rings. The van der Waals surface area contributed by atoms with Gasteiger partial charge in [0.2, 0.25) is 0 Å². The summed E-state index contributed by atoms with van der Waals surface area (Å²) >= 11 is 0. The molecule has 9 nitrogen and oxygen atoms in total. The number of nitrogens with zero attached hydrogens (tertiary/aromatic N) is 1. The van der Waals surface area contributed by atoms with Crippen molar-refractivity contribution in [3.8, 4) is 0 Å². The van der Waals surface area contributed by atoms with Crippen LogP contribution in [0.2, 0.25) is 0 Å². The summed E-state index contributed by atoms with van der Waals surface area (Å²) in [7, 11) is 5.95. The number of carboxylic acids is 1. The Morgan fingerprint density at radius 2 is 0.938 bits per heavy atom. The second-order valence-electron chi connectivity index (χ2n) is 14.6. The molecule has 284 valence electrons. The summed E-state index contributed by atoms with van der Waals surface area (Å²) in [5.41, 5.74) is 0. The zero-order valence-electron chi connectivity index (χ0n) is 31.9. The predicted octanol–water partition coefficient (Wildman–Crippen LogP) is 9.38. The van der Waals surface area contributed by atoms with E-state index in [-0.39, 0.29) is 32.2 Å². The highest BCUT2D eigenvalue weighted by atomic mass is 16.7. The second kappa shape index (κ2) is 32.5. The maximum atomic E-state index is 12.7. The molecule has 0 radical (unpaired) electrons. The number of esters is 2. The molecule has 0 heterocycles. The van der Waals surface area contributed by atoms with Crippen LogP contribution in [0.25, 0.3) is 0 Å². The average molecular weight is 687 g/mol. The van der Waals surface area contributed by atoms with E-state index in [1.807, 2.05) is 21.1 Å². The number of unbranched alkanes of at least 4 members (excludes halogenated alkanes) is 21. The number of carboxylic acid groups (broad SMARTS) is 1. The molecule has 9 heteroatoms. The van der Waals surface area contributed by atoms with Gasteiger partial charge in [-0.3, -0.25) is 9.59 Å². The normalized spacial score (nSPS) is 12.9. The Morgan fingerprint density at radius 1 is 0.542 bits per heavy atom. The third-order valence-corrected chi connectivity index (χ3v) is 8.61. The first-order valence-corrected chi connectivity index (χ1v) is 19.7. The number of quaternary nitrogens is 1. The first-order valence-electron chi connectivity index (χ1n) is 19.7. The maximum Gasteiger partial charge on any atom is 0.361 e. The minimum atomic E-state index is -1.50. The molecular weight excluding hydrogens is 610 g/mol. The first-order chi connectivity index (χ1) is 23.1. The van der Waals surface area contributed by atoms with Crippen LogP contribution in [0.15, 0.2) is 0 Å². The molecule has 0 bridgehead atoms. The number of hydrogen-bond acceptors (Lipinski definition) is 7. The lowest BCUT2D eigenvalue weighted by Crippen LogP contribution is -2.40. The Balaban J connectivity index is 4.48. The predicted molar refractivity (Wildman–Crippen MR) is 194 cm³/mol. The summed E-state index contributed by atoms with van der Waals surface area (Å²) in [5.74, 6) is -2.00. The van der Waals surface area contributed by atoms with Crippen LogP contribution in [0.3, 0.4) is 0 Å². The molecule has 2 atom stereocenters.